The second-order valence-corrected chi connectivity index (χ2v) is 7.64. The molecule has 0 aliphatic carbocycles. The van der Waals surface area contributed by atoms with Crippen LogP contribution in [0.25, 0.3) is 0 Å². The van der Waals surface area contributed by atoms with E-state index < -0.39 is 15.8 Å². The lowest BCUT2D eigenvalue weighted by atomic mass is 10.2. The zero-order valence-corrected chi connectivity index (χ0v) is 14.9. The van der Waals surface area contributed by atoms with Crippen LogP contribution in [0.2, 0.25) is 0 Å². The summed E-state index contributed by atoms with van der Waals surface area (Å²) in [5.74, 6) is -0.476. The molecular weight excluding hydrogens is 431 g/mol. The number of ketones is 1. The Morgan fingerprint density at radius 3 is 2.52 bits per heavy atom. The van der Waals surface area contributed by atoms with Crippen LogP contribution >= 0.6 is 22.6 Å². The van der Waals surface area contributed by atoms with Crippen LogP contribution in [-0.2, 0) is 10.0 Å². The van der Waals surface area contributed by atoms with Gasteiger partial charge in [0.1, 0.15) is 15.7 Å². The van der Waals surface area contributed by atoms with Crippen molar-refractivity contribution in [1.29, 1.82) is 0 Å². The number of halogens is 1. The van der Waals surface area contributed by atoms with Crippen LogP contribution in [0.15, 0.2) is 58.3 Å². The number of benzene rings is 1. The molecule has 3 aromatic rings. The number of hydrogen-bond acceptors (Lipinski definition) is 5. The van der Waals surface area contributed by atoms with Gasteiger partial charge in [0.2, 0.25) is 5.78 Å². The molecule has 8 heteroatoms. The number of rotatable bonds is 4. The molecule has 0 fully saturated rings. The van der Waals surface area contributed by atoms with Gasteiger partial charge in [-0.25, -0.2) is 17.4 Å². The van der Waals surface area contributed by atoms with Crippen LogP contribution in [0.4, 0.5) is 0 Å². The first kappa shape index (κ1) is 15.9. The van der Waals surface area contributed by atoms with Gasteiger partial charge in [-0.1, -0.05) is 17.7 Å². The molecule has 3 rings (SSSR count). The van der Waals surface area contributed by atoms with E-state index in [0.717, 1.165) is 15.9 Å². The predicted octanol–water partition coefficient (Wildman–Crippen LogP) is 2.86. The first-order valence-corrected chi connectivity index (χ1v) is 9.06. The van der Waals surface area contributed by atoms with E-state index in [1.165, 1.54) is 24.5 Å². The van der Waals surface area contributed by atoms with E-state index in [1.54, 1.807) is 18.2 Å². The average Bonchev–Trinajstić information content (AvgIpc) is 3.16. The molecule has 0 atom stereocenters. The van der Waals surface area contributed by atoms with E-state index in [4.69, 9.17) is 4.42 Å². The number of carbonyl (C=O) groups is 1. The number of aryl methyl sites for hydroxylation is 1. The molecule has 0 N–H and O–H groups in total. The molecular formula is C15H11IN2O4S. The third kappa shape index (κ3) is 2.83. The maximum atomic E-state index is 12.8. The summed E-state index contributed by atoms with van der Waals surface area (Å²) >= 11 is 1.83. The molecule has 0 spiro atoms. The third-order valence-electron chi connectivity index (χ3n) is 3.23. The van der Waals surface area contributed by atoms with Gasteiger partial charge in [0.15, 0.2) is 5.76 Å². The van der Waals surface area contributed by atoms with Gasteiger partial charge < -0.3 is 4.42 Å². The molecule has 0 unspecified atom stereocenters. The first-order chi connectivity index (χ1) is 10.9. The predicted molar refractivity (Wildman–Crippen MR) is 90.8 cm³/mol. The Bertz CT molecular complexity index is 958. The molecule has 2 aromatic heterocycles. The topological polar surface area (TPSA) is 82.2 Å². The number of nitrogens with zero attached hydrogens (tertiary/aromatic N) is 2. The van der Waals surface area contributed by atoms with Gasteiger partial charge in [0.25, 0.3) is 10.0 Å². The summed E-state index contributed by atoms with van der Waals surface area (Å²) < 4.78 is 31.8. The van der Waals surface area contributed by atoms with Crippen molar-refractivity contribution in [1.82, 2.24) is 8.96 Å². The van der Waals surface area contributed by atoms with Crippen molar-refractivity contribution >= 4 is 38.4 Å². The fourth-order valence-electron chi connectivity index (χ4n) is 2.04. The van der Waals surface area contributed by atoms with Crippen molar-refractivity contribution in [2.75, 3.05) is 0 Å². The molecule has 2 heterocycles. The fraction of sp³-hybridized carbons (Fsp3) is 0.0667. The van der Waals surface area contributed by atoms with Crippen molar-refractivity contribution in [2.45, 2.75) is 11.8 Å². The smallest absolute Gasteiger partial charge is 0.269 e. The molecule has 118 valence electrons. The highest BCUT2D eigenvalue weighted by Gasteiger charge is 2.28. The van der Waals surface area contributed by atoms with Crippen LogP contribution in [0, 0.1) is 10.6 Å². The standard InChI is InChI=1S/C15H11IN2O4S/c1-10-4-6-11(7-5-10)23(20,21)18-9-17-15(16)13(18)14(19)12-3-2-8-22-12/h2-9H,1H3. The van der Waals surface area contributed by atoms with Crippen LogP contribution < -0.4 is 0 Å². The minimum Gasteiger partial charge on any atom is -0.461 e. The molecule has 0 radical (unpaired) electrons. The second-order valence-electron chi connectivity index (χ2n) is 4.80. The molecule has 0 saturated heterocycles. The molecule has 0 bridgehead atoms. The summed E-state index contributed by atoms with van der Waals surface area (Å²) in [6.07, 6.45) is 2.49. The number of furan rings is 1. The summed E-state index contributed by atoms with van der Waals surface area (Å²) in [5, 5.41) is 0. The van der Waals surface area contributed by atoms with Crippen molar-refractivity contribution in [2.24, 2.45) is 0 Å². The van der Waals surface area contributed by atoms with E-state index in [9.17, 15) is 13.2 Å². The van der Waals surface area contributed by atoms with E-state index in [0.29, 0.717) is 3.70 Å². The van der Waals surface area contributed by atoms with Gasteiger partial charge in [-0.3, -0.25) is 4.79 Å². The Balaban J connectivity index is 2.14. The zero-order valence-electron chi connectivity index (χ0n) is 11.9. The first-order valence-electron chi connectivity index (χ1n) is 6.54. The minimum atomic E-state index is -3.91. The SMILES string of the molecule is Cc1ccc(S(=O)(=O)n2cnc(I)c2C(=O)c2ccco2)cc1. The number of imidazole rings is 1. The van der Waals surface area contributed by atoms with Gasteiger partial charge in [-0.15, -0.1) is 0 Å². The normalized spacial score (nSPS) is 11.6. The van der Waals surface area contributed by atoms with Crippen molar-refractivity contribution in [3.8, 4) is 0 Å². The summed E-state index contributed by atoms with van der Waals surface area (Å²) in [5.41, 5.74) is 0.900. The van der Waals surface area contributed by atoms with Crippen molar-refractivity contribution in [3.63, 3.8) is 0 Å². The van der Waals surface area contributed by atoms with Crippen LogP contribution in [0.5, 0.6) is 0 Å². The molecule has 0 aliphatic heterocycles. The largest absolute Gasteiger partial charge is 0.461 e. The molecule has 1 aromatic carbocycles. The van der Waals surface area contributed by atoms with E-state index >= 15 is 0 Å². The lowest BCUT2D eigenvalue weighted by Crippen LogP contribution is -2.19. The Kier molecular flexibility index (Phi) is 4.11. The highest BCUT2D eigenvalue weighted by molar-refractivity contribution is 14.1. The molecule has 0 amide bonds. The lowest BCUT2D eigenvalue weighted by molar-refractivity contribution is 0.100. The van der Waals surface area contributed by atoms with Crippen LogP contribution in [0.3, 0.4) is 0 Å². The molecule has 0 aliphatic rings. The minimum absolute atomic E-state index is 0.0406. The maximum absolute atomic E-state index is 12.8. The van der Waals surface area contributed by atoms with Gasteiger partial charge in [-0.2, -0.15) is 0 Å². The average molecular weight is 442 g/mol. The van der Waals surface area contributed by atoms with Gasteiger partial charge in [0.05, 0.1) is 11.2 Å². The summed E-state index contributed by atoms with van der Waals surface area (Å²) in [4.78, 5) is 16.6. The van der Waals surface area contributed by atoms with E-state index in [1.807, 2.05) is 29.5 Å². The molecule has 0 saturated carbocycles. The van der Waals surface area contributed by atoms with Crippen molar-refractivity contribution < 1.29 is 17.6 Å². The summed E-state index contributed by atoms with van der Waals surface area (Å²) in [7, 11) is -3.91. The summed E-state index contributed by atoms with van der Waals surface area (Å²) in [6.45, 7) is 1.86. The van der Waals surface area contributed by atoms with E-state index in [2.05, 4.69) is 4.98 Å². The fourth-order valence-corrected chi connectivity index (χ4v) is 4.12. The van der Waals surface area contributed by atoms with Crippen LogP contribution in [-0.4, -0.2) is 23.2 Å². The van der Waals surface area contributed by atoms with Gasteiger partial charge in [0, 0.05) is 0 Å². The Hall–Kier alpha value is -1.94. The number of aromatic nitrogens is 2. The molecule has 23 heavy (non-hydrogen) atoms. The third-order valence-corrected chi connectivity index (χ3v) is 5.68. The Morgan fingerprint density at radius 2 is 1.91 bits per heavy atom. The number of hydrogen-bond donors (Lipinski definition) is 0. The second kappa shape index (κ2) is 5.93. The van der Waals surface area contributed by atoms with Crippen molar-refractivity contribution in [3.05, 3.63) is 69.7 Å². The van der Waals surface area contributed by atoms with Crippen LogP contribution in [0.1, 0.15) is 21.8 Å². The highest BCUT2D eigenvalue weighted by Crippen LogP contribution is 2.22. The monoisotopic (exact) mass is 442 g/mol. The number of carbonyl (C=O) groups excluding carboxylic acids is 1. The lowest BCUT2D eigenvalue weighted by Gasteiger charge is -2.09. The maximum Gasteiger partial charge on any atom is 0.269 e. The van der Waals surface area contributed by atoms with Gasteiger partial charge in [-0.05, 0) is 53.8 Å². The highest BCUT2D eigenvalue weighted by atomic mass is 127. The summed E-state index contributed by atoms with van der Waals surface area (Å²) in [6, 6.07) is 9.44. The Labute approximate surface area is 146 Å². The molecule has 6 nitrogen and oxygen atoms in total. The Morgan fingerprint density at radius 1 is 1.22 bits per heavy atom. The van der Waals surface area contributed by atoms with Gasteiger partial charge >= 0.3 is 0 Å². The van der Waals surface area contributed by atoms with E-state index in [-0.39, 0.29) is 16.3 Å². The quantitative estimate of drug-likeness (QED) is 0.459. The zero-order chi connectivity index (χ0) is 16.6.